The van der Waals surface area contributed by atoms with Gasteiger partial charge in [0.05, 0.1) is 17.6 Å². The minimum atomic E-state index is -0.0882. The third-order valence-electron chi connectivity index (χ3n) is 3.76. The quantitative estimate of drug-likeness (QED) is 0.503. The van der Waals surface area contributed by atoms with E-state index in [4.69, 9.17) is 4.42 Å². The van der Waals surface area contributed by atoms with Gasteiger partial charge >= 0.3 is 0 Å². The first-order valence-electron chi connectivity index (χ1n) is 8.16. The molecule has 7 heteroatoms. The van der Waals surface area contributed by atoms with Crippen molar-refractivity contribution < 1.29 is 9.21 Å². The Kier molecular flexibility index (Phi) is 5.58. The van der Waals surface area contributed by atoms with Crippen molar-refractivity contribution in [2.45, 2.75) is 25.5 Å². The molecule has 0 saturated carbocycles. The molecular formula is C19H20N4O2S. The molecule has 0 saturated heterocycles. The van der Waals surface area contributed by atoms with E-state index in [-0.39, 0.29) is 11.7 Å². The molecule has 0 aliphatic rings. The third-order valence-corrected chi connectivity index (χ3v) is 4.73. The summed E-state index contributed by atoms with van der Waals surface area (Å²) < 4.78 is 7.28. The topological polar surface area (TPSA) is 73.0 Å². The van der Waals surface area contributed by atoms with Crippen molar-refractivity contribution >= 4 is 23.4 Å². The highest BCUT2D eigenvalue weighted by Gasteiger charge is 2.17. The number of nitrogens with zero attached hydrogens (tertiary/aromatic N) is 3. The number of carbonyl (C=O) groups is 1. The van der Waals surface area contributed by atoms with E-state index in [2.05, 4.69) is 22.1 Å². The van der Waals surface area contributed by atoms with Crippen molar-refractivity contribution in [3.8, 4) is 11.4 Å². The normalized spacial score (nSPS) is 10.7. The zero-order valence-corrected chi connectivity index (χ0v) is 15.5. The second-order valence-corrected chi connectivity index (χ2v) is 6.74. The van der Waals surface area contributed by atoms with Crippen LogP contribution < -0.4 is 5.32 Å². The molecule has 3 aromatic rings. The first-order chi connectivity index (χ1) is 12.6. The molecule has 26 heavy (non-hydrogen) atoms. The number of thioether (sulfide) groups is 1. The van der Waals surface area contributed by atoms with Gasteiger partial charge in [0.2, 0.25) is 5.91 Å². The number of aromatic nitrogens is 3. The maximum atomic E-state index is 12.2. The second kappa shape index (κ2) is 8.05. The summed E-state index contributed by atoms with van der Waals surface area (Å²) in [5, 5.41) is 12.1. The number of amides is 1. The highest BCUT2D eigenvalue weighted by atomic mass is 32.2. The van der Waals surface area contributed by atoms with Crippen LogP contribution in [0, 0.1) is 13.8 Å². The summed E-state index contributed by atoms with van der Waals surface area (Å²) in [6, 6.07) is 9.57. The fraction of sp³-hybridized carbons (Fsp3) is 0.211. The summed E-state index contributed by atoms with van der Waals surface area (Å²) in [5.74, 6) is 1.64. The van der Waals surface area contributed by atoms with Crippen LogP contribution in [-0.4, -0.2) is 26.4 Å². The van der Waals surface area contributed by atoms with Gasteiger partial charge in [-0.3, -0.25) is 9.36 Å². The van der Waals surface area contributed by atoms with E-state index < -0.39 is 0 Å². The summed E-state index contributed by atoms with van der Waals surface area (Å²) in [4.78, 5) is 12.2. The standard InChI is InChI=1S/C19H20N4O2S/c1-4-9-23-18(16-8-10-25-14(16)3)21-22-19(23)26-12-17(24)20-15-7-5-6-13(2)11-15/h4-8,10-11H,1,9,12H2,2-3H3,(H,20,24). The van der Waals surface area contributed by atoms with E-state index in [0.717, 1.165) is 22.6 Å². The Morgan fingerprint density at radius 3 is 2.88 bits per heavy atom. The molecule has 0 atom stereocenters. The van der Waals surface area contributed by atoms with Crippen LogP contribution in [0.3, 0.4) is 0 Å². The molecule has 1 amide bonds. The number of hydrogen-bond acceptors (Lipinski definition) is 5. The molecule has 0 aliphatic carbocycles. The lowest BCUT2D eigenvalue weighted by Crippen LogP contribution is -2.14. The van der Waals surface area contributed by atoms with Gasteiger partial charge in [-0.05, 0) is 37.6 Å². The molecule has 134 valence electrons. The molecule has 0 fully saturated rings. The predicted octanol–water partition coefficient (Wildman–Crippen LogP) is 4.07. The van der Waals surface area contributed by atoms with Gasteiger partial charge < -0.3 is 9.73 Å². The van der Waals surface area contributed by atoms with Crippen LogP contribution in [0.15, 0.2) is 58.8 Å². The lowest BCUT2D eigenvalue weighted by molar-refractivity contribution is -0.113. The Morgan fingerprint density at radius 1 is 1.35 bits per heavy atom. The molecule has 6 nitrogen and oxygen atoms in total. The highest BCUT2D eigenvalue weighted by Crippen LogP contribution is 2.27. The van der Waals surface area contributed by atoms with Crippen LogP contribution in [0.1, 0.15) is 11.3 Å². The van der Waals surface area contributed by atoms with Gasteiger partial charge in [-0.15, -0.1) is 16.8 Å². The molecule has 2 aromatic heterocycles. The predicted molar refractivity (Wildman–Crippen MR) is 103 cm³/mol. The molecule has 0 spiro atoms. The minimum Gasteiger partial charge on any atom is -0.469 e. The van der Waals surface area contributed by atoms with Crippen molar-refractivity contribution in [1.29, 1.82) is 0 Å². The monoisotopic (exact) mass is 368 g/mol. The molecule has 2 heterocycles. The van der Waals surface area contributed by atoms with Crippen LogP contribution in [-0.2, 0) is 11.3 Å². The van der Waals surface area contributed by atoms with Crippen LogP contribution in [0.25, 0.3) is 11.4 Å². The van der Waals surface area contributed by atoms with E-state index >= 15 is 0 Å². The van der Waals surface area contributed by atoms with Gasteiger partial charge in [0.1, 0.15) is 5.76 Å². The zero-order chi connectivity index (χ0) is 18.5. The molecule has 1 N–H and O–H groups in total. The Morgan fingerprint density at radius 2 is 2.19 bits per heavy atom. The van der Waals surface area contributed by atoms with E-state index in [1.54, 1.807) is 12.3 Å². The Balaban J connectivity index is 1.71. The summed E-state index contributed by atoms with van der Waals surface area (Å²) in [6.07, 6.45) is 3.40. The molecule has 0 bridgehead atoms. The average Bonchev–Trinajstić information content (AvgIpc) is 3.19. The first kappa shape index (κ1) is 18.0. The maximum absolute atomic E-state index is 12.2. The number of benzene rings is 1. The number of hydrogen-bond donors (Lipinski definition) is 1. The summed E-state index contributed by atoms with van der Waals surface area (Å²) in [6.45, 7) is 8.21. The SMILES string of the molecule is C=CCn1c(SCC(=O)Nc2cccc(C)c2)nnc1-c1ccoc1C. The number of allylic oxidation sites excluding steroid dienone is 1. The van der Waals surface area contributed by atoms with Gasteiger partial charge in [-0.25, -0.2) is 0 Å². The Hall–Kier alpha value is -2.80. The number of carbonyl (C=O) groups excluding carboxylic acids is 1. The molecule has 0 aliphatic heterocycles. The second-order valence-electron chi connectivity index (χ2n) is 5.80. The first-order valence-corrected chi connectivity index (χ1v) is 9.15. The third kappa shape index (κ3) is 4.05. The molecule has 0 radical (unpaired) electrons. The van der Waals surface area contributed by atoms with Crippen LogP contribution in [0.5, 0.6) is 0 Å². The smallest absolute Gasteiger partial charge is 0.234 e. The van der Waals surface area contributed by atoms with Crippen molar-refractivity contribution in [2.24, 2.45) is 0 Å². The van der Waals surface area contributed by atoms with Crippen LogP contribution in [0.4, 0.5) is 5.69 Å². The van der Waals surface area contributed by atoms with Crippen molar-refractivity contribution in [3.05, 3.63) is 60.6 Å². The van der Waals surface area contributed by atoms with Crippen LogP contribution >= 0.6 is 11.8 Å². The minimum absolute atomic E-state index is 0.0882. The van der Waals surface area contributed by atoms with Gasteiger partial charge in [0.25, 0.3) is 0 Å². The highest BCUT2D eigenvalue weighted by molar-refractivity contribution is 7.99. The lowest BCUT2D eigenvalue weighted by Gasteiger charge is -2.08. The van der Waals surface area contributed by atoms with E-state index in [1.807, 2.05) is 48.7 Å². The van der Waals surface area contributed by atoms with Crippen LogP contribution in [0.2, 0.25) is 0 Å². The summed E-state index contributed by atoms with van der Waals surface area (Å²) in [7, 11) is 0. The van der Waals surface area contributed by atoms with Gasteiger partial charge in [0.15, 0.2) is 11.0 Å². The van der Waals surface area contributed by atoms with Gasteiger partial charge in [-0.2, -0.15) is 0 Å². The zero-order valence-electron chi connectivity index (χ0n) is 14.7. The largest absolute Gasteiger partial charge is 0.469 e. The maximum Gasteiger partial charge on any atom is 0.234 e. The fourth-order valence-electron chi connectivity index (χ4n) is 2.56. The molecular weight excluding hydrogens is 348 g/mol. The summed E-state index contributed by atoms with van der Waals surface area (Å²) in [5.41, 5.74) is 2.77. The molecule has 0 unspecified atom stereocenters. The van der Waals surface area contributed by atoms with Crippen molar-refractivity contribution in [1.82, 2.24) is 14.8 Å². The lowest BCUT2D eigenvalue weighted by atomic mass is 10.2. The van der Waals surface area contributed by atoms with E-state index in [9.17, 15) is 4.79 Å². The van der Waals surface area contributed by atoms with E-state index in [1.165, 1.54) is 11.8 Å². The van der Waals surface area contributed by atoms with Crippen molar-refractivity contribution in [2.75, 3.05) is 11.1 Å². The molecule has 3 rings (SSSR count). The number of nitrogens with one attached hydrogen (secondary N) is 1. The van der Waals surface area contributed by atoms with Crippen molar-refractivity contribution in [3.63, 3.8) is 0 Å². The van der Waals surface area contributed by atoms with E-state index in [0.29, 0.717) is 17.5 Å². The fourth-order valence-corrected chi connectivity index (χ4v) is 3.30. The van der Waals surface area contributed by atoms with Gasteiger partial charge in [0, 0.05) is 12.2 Å². The number of furan rings is 1. The average molecular weight is 368 g/mol. The summed E-state index contributed by atoms with van der Waals surface area (Å²) >= 11 is 1.34. The number of rotatable bonds is 7. The van der Waals surface area contributed by atoms with Gasteiger partial charge in [-0.1, -0.05) is 30.0 Å². The molecule has 1 aromatic carbocycles. The number of aryl methyl sites for hydroxylation is 2. The number of anilines is 1. The Labute approximate surface area is 156 Å². The Bertz CT molecular complexity index is 929.